The summed E-state index contributed by atoms with van der Waals surface area (Å²) in [6.45, 7) is 6.36. The smallest absolute Gasteiger partial charge is 0.306 e. The molecule has 0 spiro atoms. The summed E-state index contributed by atoms with van der Waals surface area (Å²) in [5.74, 6) is 1.10. The molecule has 4 nitrogen and oxygen atoms in total. The fraction of sp³-hybridized carbons (Fsp3) is 0.714. The number of aryl methyl sites for hydroxylation is 1. The van der Waals surface area contributed by atoms with Crippen molar-refractivity contribution in [1.82, 2.24) is 9.97 Å². The second kappa shape index (κ2) is 5.12. The Balaban J connectivity index is 2.06. The Morgan fingerprint density at radius 3 is 2.39 bits per heavy atom. The summed E-state index contributed by atoms with van der Waals surface area (Å²) in [5.41, 5.74) is 2.30. The number of imidazole rings is 1. The number of nitrogens with one attached hydrogen (secondary N) is 1. The molecule has 1 aliphatic rings. The van der Waals surface area contributed by atoms with Crippen LogP contribution in [0.3, 0.4) is 0 Å². The highest BCUT2D eigenvalue weighted by Crippen LogP contribution is 2.35. The van der Waals surface area contributed by atoms with Crippen LogP contribution < -0.4 is 0 Å². The van der Waals surface area contributed by atoms with E-state index in [4.69, 9.17) is 10.1 Å². The molecule has 0 bridgehead atoms. The van der Waals surface area contributed by atoms with E-state index in [0.29, 0.717) is 11.8 Å². The SMILES string of the molecule is Cc1[nH]c(C2CCC(C(=O)O)CC2)nc1C(C)C. The Morgan fingerprint density at radius 2 is 1.94 bits per heavy atom. The number of hydrogen-bond acceptors (Lipinski definition) is 2. The van der Waals surface area contributed by atoms with Crippen molar-refractivity contribution in [1.29, 1.82) is 0 Å². The van der Waals surface area contributed by atoms with Crippen LogP contribution in [0.4, 0.5) is 0 Å². The molecule has 1 aromatic heterocycles. The molecule has 0 amide bonds. The molecule has 18 heavy (non-hydrogen) atoms. The molecule has 0 aromatic carbocycles. The van der Waals surface area contributed by atoms with E-state index in [0.717, 1.165) is 42.9 Å². The molecule has 4 heteroatoms. The molecular weight excluding hydrogens is 228 g/mol. The lowest BCUT2D eigenvalue weighted by atomic mass is 9.82. The quantitative estimate of drug-likeness (QED) is 0.865. The number of carboxylic acids is 1. The number of H-pyrrole nitrogens is 1. The topological polar surface area (TPSA) is 66.0 Å². The third kappa shape index (κ3) is 2.57. The number of aliphatic carboxylic acids is 1. The Morgan fingerprint density at radius 1 is 1.33 bits per heavy atom. The van der Waals surface area contributed by atoms with Crippen molar-refractivity contribution in [3.8, 4) is 0 Å². The second-order valence-electron chi connectivity index (χ2n) is 5.67. The summed E-state index contributed by atoms with van der Waals surface area (Å²) in [5, 5.41) is 8.99. The number of carboxylic acid groups (broad SMARTS) is 1. The van der Waals surface area contributed by atoms with Crippen LogP contribution in [-0.4, -0.2) is 21.0 Å². The van der Waals surface area contributed by atoms with Gasteiger partial charge in [0.1, 0.15) is 5.82 Å². The van der Waals surface area contributed by atoms with Crippen molar-refractivity contribution >= 4 is 5.97 Å². The zero-order valence-corrected chi connectivity index (χ0v) is 11.4. The standard InChI is InChI=1S/C14H22N2O2/c1-8(2)12-9(3)15-13(16-12)10-4-6-11(7-5-10)14(17)18/h8,10-11H,4-7H2,1-3H3,(H,15,16)(H,17,18). The summed E-state index contributed by atoms with van der Waals surface area (Å²) < 4.78 is 0. The van der Waals surface area contributed by atoms with Crippen LogP contribution in [-0.2, 0) is 4.79 Å². The largest absolute Gasteiger partial charge is 0.481 e. The van der Waals surface area contributed by atoms with E-state index in [1.807, 2.05) is 0 Å². The first kappa shape index (κ1) is 13.1. The molecule has 1 aromatic rings. The van der Waals surface area contributed by atoms with Gasteiger partial charge in [0.25, 0.3) is 0 Å². The van der Waals surface area contributed by atoms with Gasteiger partial charge in [-0.2, -0.15) is 0 Å². The Kier molecular flexibility index (Phi) is 3.73. The highest BCUT2D eigenvalue weighted by molar-refractivity contribution is 5.70. The van der Waals surface area contributed by atoms with Crippen LogP contribution >= 0.6 is 0 Å². The Labute approximate surface area is 108 Å². The van der Waals surface area contributed by atoms with Crippen molar-refractivity contribution in [2.75, 3.05) is 0 Å². The van der Waals surface area contributed by atoms with Gasteiger partial charge in [-0.25, -0.2) is 4.98 Å². The van der Waals surface area contributed by atoms with Crippen molar-refractivity contribution < 1.29 is 9.90 Å². The van der Waals surface area contributed by atoms with Crippen LogP contribution in [0.1, 0.15) is 68.6 Å². The maximum atomic E-state index is 10.9. The normalized spacial score (nSPS) is 24.4. The summed E-state index contributed by atoms with van der Waals surface area (Å²) >= 11 is 0. The molecule has 2 N–H and O–H groups in total. The molecule has 0 aliphatic heterocycles. The highest BCUT2D eigenvalue weighted by Gasteiger charge is 2.28. The highest BCUT2D eigenvalue weighted by atomic mass is 16.4. The zero-order chi connectivity index (χ0) is 13.3. The van der Waals surface area contributed by atoms with Crippen LogP contribution in [0, 0.1) is 12.8 Å². The summed E-state index contributed by atoms with van der Waals surface area (Å²) in [6.07, 6.45) is 3.41. The summed E-state index contributed by atoms with van der Waals surface area (Å²) in [4.78, 5) is 19.0. The third-order valence-corrected chi connectivity index (χ3v) is 3.95. The van der Waals surface area contributed by atoms with Gasteiger partial charge in [0.2, 0.25) is 0 Å². The zero-order valence-electron chi connectivity index (χ0n) is 11.4. The molecular formula is C14H22N2O2. The number of aromatic amines is 1. The number of nitrogens with zero attached hydrogens (tertiary/aromatic N) is 1. The number of hydrogen-bond donors (Lipinski definition) is 2. The fourth-order valence-electron chi connectivity index (χ4n) is 2.87. The van der Waals surface area contributed by atoms with Gasteiger partial charge in [0.05, 0.1) is 11.6 Å². The van der Waals surface area contributed by atoms with Gasteiger partial charge in [-0.05, 0) is 38.5 Å². The molecule has 1 fully saturated rings. The first-order valence-electron chi connectivity index (χ1n) is 6.78. The maximum Gasteiger partial charge on any atom is 0.306 e. The lowest BCUT2D eigenvalue weighted by Crippen LogP contribution is -2.21. The average molecular weight is 250 g/mol. The Hall–Kier alpha value is -1.32. The summed E-state index contributed by atoms with van der Waals surface area (Å²) in [7, 11) is 0. The second-order valence-corrected chi connectivity index (χ2v) is 5.67. The van der Waals surface area contributed by atoms with Crippen LogP contribution in [0.15, 0.2) is 0 Å². The molecule has 0 unspecified atom stereocenters. The van der Waals surface area contributed by atoms with E-state index in [-0.39, 0.29) is 5.92 Å². The monoisotopic (exact) mass is 250 g/mol. The first-order valence-corrected chi connectivity index (χ1v) is 6.78. The van der Waals surface area contributed by atoms with Gasteiger partial charge in [0.15, 0.2) is 0 Å². The van der Waals surface area contributed by atoms with E-state index >= 15 is 0 Å². The van der Waals surface area contributed by atoms with Crippen LogP contribution in [0.2, 0.25) is 0 Å². The minimum atomic E-state index is -0.646. The molecule has 0 atom stereocenters. The number of carbonyl (C=O) groups is 1. The molecule has 0 radical (unpaired) electrons. The number of aromatic nitrogens is 2. The van der Waals surface area contributed by atoms with E-state index in [9.17, 15) is 4.79 Å². The van der Waals surface area contributed by atoms with Crippen molar-refractivity contribution in [3.63, 3.8) is 0 Å². The lowest BCUT2D eigenvalue weighted by Gasteiger charge is -2.24. The molecule has 1 saturated carbocycles. The van der Waals surface area contributed by atoms with Crippen molar-refractivity contribution in [2.24, 2.45) is 5.92 Å². The maximum absolute atomic E-state index is 10.9. The first-order chi connectivity index (χ1) is 8.49. The molecule has 1 heterocycles. The van der Waals surface area contributed by atoms with E-state index in [1.54, 1.807) is 0 Å². The molecule has 0 saturated heterocycles. The van der Waals surface area contributed by atoms with Crippen molar-refractivity contribution in [2.45, 2.75) is 58.3 Å². The molecule has 1 aliphatic carbocycles. The van der Waals surface area contributed by atoms with Gasteiger partial charge in [0, 0.05) is 11.6 Å². The third-order valence-electron chi connectivity index (χ3n) is 3.95. The van der Waals surface area contributed by atoms with Gasteiger partial charge in [-0.3, -0.25) is 4.79 Å². The summed E-state index contributed by atoms with van der Waals surface area (Å²) in [6, 6.07) is 0. The van der Waals surface area contributed by atoms with Crippen molar-refractivity contribution in [3.05, 3.63) is 17.2 Å². The molecule has 100 valence electrons. The minimum absolute atomic E-state index is 0.151. The van der Waals surface area contributed by atoms with Crippen LogP contribution in [0.5, 0.6) is 0 Å². The van der Waals surface area contributed by atoms with Crippen LogP contribution in [0.25, 0.3) is 0 Å². The predicted octanol–water partition coefficient (Wildman–Crippen LogP) is 3.20. The van der Waals surface area contributed by atoms with E-state index < -0.39 is 5.97 Å². The Bertz CT molecular complexity index is 429. The molecule has 2 rings (SSSR count). The predicted molar refractivity (Wildman–Crippen MR) is 69.7 cm³/mol. The van der Waals surface area contributed by atoms with Gasteiger partial charge >= 0.3 is 5.97 Å². The van der Waals surface area contributed by atoms with Gasteiger partial charge < -0.3 is 10.1 Å². The van der Waals surface area contributed by atoms with Gasteiger partial charge in [-0.15, -0.1) is 0 Å². The average Bonchev–Trinajstić information content (AvgIpc) is 2.71. The number of rotatable bonds is 3. The lowest BCUT2D eigenvalue weighted by molar-refractivity contribution is -0.142. The van der Waals surface area contributed by atoms with Gasteiger partial charge in [-0.1, -0.05) is 13.8 Å². The minimum Gasteiger partial charge on any atom is -0.481 e. The fourth-order valence-corrected chi connectivity index (χ4v) is 2.87. The van der Waals surface area contributed by atoms with E-state index in [2.05, 4.69) is 25.8 Å². The van der Waals surface area contributed by atoms with E-state index in [1.165, 1.54) is 0 Å².